The summed E-state index contributed by atoms with van der Waals surface area (Å²) in [6.07, 6.45) is 3.51. The minimum absolute atomic E-state index is 0.120. The molecule has 2 aliphatic rings. The molecule has 4 heteroatoms. The maximum Gasteiger partial charge on any atom is 0.239 e. The fourth-order valence-corrected chi connectivity index (χ4v) is 3.06. The molecule has 20 heavy (non-hydrogen) atoms. The van der Waals surface area contributed by atoms with Crippen LogP contribution in [0.3, 0.4) is 0 Å². The van der Waals surface area contributed by atoms with Gasteiger partial charge in [-0.3, -0.25) is 10.1 Å². The van der Waals surface area contributed by atoms with Crippen LogP contribution in [-0.2, 0) is 4.79 Å². The zero-order valence-corrected chi connectivity index (χ0v) is 12.0. The number of fused-ring (bicyclic) bond motifs is 1. The Morgan fingerprint density at radius 2 is 2.05 bits per heavy atom. The summed E-state index contributed by atoms with van der Waals surface area (Å²) < 4.78 is 5.65. The number of nitrogens with zero attached hydrogens (tertiary/aromatic N) is 1. The molecule has 0 bridgehead atoms. The van der Waals surface area contributed by atoms with Crippen molar-refractivity contribution in [1.29, 1.82) is 0 Å². The van der Waals surface area contributed by atoms with Crippen LogP contribution in [0.5, 0.6) is 5.75 Å². The smallest absolute Gasteiger partial charge is 0.239 e. The second kappa shape index (κ2) is 5.83. The van der Waals surface area contributed by atoms with Crippen LogP contribution in [-0.4, -0.2) is 36.5 Å². The molecule has 108 valence electrons. The topological polar surface area (TPSA) is 41.6 Å². The lowest BCUT2D eigenvalue weighted by Gasteiger charge is -2.30. The molecule has 1 saturated heterocycles. The number of amides is 1. The summed E-state index contributed by atoms with van der Waals surface area (Å²) in [7, 11) is 0. The van der Waals surface area contributed by atoms with Crippen LogP contribution in [0.15, 0.2) is 24.3 Å². The average Bonchev–Trinajstić information content (AvgIpc) is 2.91. The maximum atomic E-state index is 12.4. The number of hydrogen-bond donors (Lipinski definition) is 1. The molecule has 2 aliphatic heterocycles. The van der Waals surface area contributed by atoms with Crippen molar-refractivity contribution in [2.75, 3.05) is 19.7 Å². The molecule has 0 spiro atoms. The SMILES string of the molecule is CC(NC1COc2ccccc21)C(=O)N1CCCCC1. The predicted octanol–water partition coefficient (Wildman–Crippen LogP) is 2.11. The van der Waals surface area contributed by atoms with Crippen molar-refractivity contribution in [2.45, 2.75) is 38.3 Å². The van der Waals surface area contributed by atoms with Crippen LogP contribution < -0.4 is 10.1 Å². The van der Waals surface area contributed by atoms with Crippen molar-refractivity contribution in [1.82, 2.24) is 10.2 Å². The highest BCUT2D eigenvalue weighted by Gasteiger charge is 2.29. The Hall–Kier alpha value is -1.55. The molecule has 3 rings (SSSR count). The predicted molar refractivity (Wildman–Crippen MR) is 77.7 cm³/mol. The summed E-state index contributed by atoms with van der Waals surface area (Å²) >= 11 is 0. The van der Waals surface area contributed by atoms with Crippen LogP contribution in [0.2, 0.25) is 0 Å². The molecule has 1 aromatic rings. The maximum absolute atomic E-state index is 12.4. The van der Waals surface area contributed by atoms with E-state index in [1.165, 1.54) is 6.42 Å². The number of carbonyl (C=O) groups excluding carboxylic acids is 1. The van der Waals surface area contributed by atoms with Gasteiger partial charge >= 0.3 is 0 Å². The number of likely N-dealkylation sites (tertiary alicyclic amines) is 1. The molecule has 4 nitrogen and oxygen atoms in total. The van der Waals surface area contributed by atoms with Crippen LogP contribution >= 0.6 is 0 Å². The third-order valence-electron chi connectivity index (χ3n) is 4.19. The van der Waals surface area contributed by atoms with E-state index in [1.54, 1.807) is 0 Å². The Morgan fingerprint density at radius 1 is 1.30 bits per heavy atom. The number of rotatable bonds is 3. The van der Waals surface area contributed by atoms with E-state index >= 15 is 0 Å². The van der Waals surface area contributed by atoms with E-state index in [9.17, 15) is 4.79 Å². The molecule has 0 radical (unpaired) electrons. The molecule has 1 N–H and O–H groups in total. The number of para-hydroxylation sites is 1. The van der Waals surface area contributed by atoms with Crippen LogP contribution in [0.1, 0.15) is 37.8 Å². The minimum Gasteiger partial charge on any atom is -0.491 e. The van der Waals surface area contributed by atoms with E-state index in [0.717, 1.165) is 37.2 Å². The van der Waals surface area contributed by atoms with Gasteiger partial charge in [-0.1, -0.05) is 18.2 Å². The van der Waals surface area contributed by atoms with Crippen LogP contribution in [0.25, 0.3) is 0 Å². The highest BCUT2D eigenvalue weighted by atomic mass is 16.5. The first-order valence-electron chi connectivity index (χ1n) is 7.52. The molecule has 1 aromatic carbocycles. The summed E-state index contributed by atoms with van der Waals surface area (Å²) in [5, 5.41) is 3.42. The van der Waals surface area contributed by atoms with Crippen LogP contribution in [0.4, 0.5) is 0 Å². The Kier molecular flexibility index (Phi) is 3.92. The second-order valence-electron chi connectivity index (χ2n) is 5.68. The third kappa shape index (κ3) is 2.66. The number of carbonyl (C=O) groups is 1. The fraction of sp³-hybridized carbons (Fsp3) is 0.562. The van der Waals surface area contributed by atoms with Crippen molar-refractivity contribution < 1.29 is 9.53 Å². The summed E-state index contributed by atoms with van der Waals surface area (Å²) in [5.41, 5.74) is 1.16. The standard InChI is InChI=1S/C16H22N2O2/c1-12(16(19)18-9-5-2-6-10-18)17-14-11-20-15-8-4-3-7-13(14)15/h3-4,7-8,12,14,17H,2,5-6,9-11H2,1H3. The van der Waals surface area contributed by atoms with E-state index in [4.69, 9.17) is 4.74 Å². The summed E-state index contributed by atoms with van der Waals surface area (Å²) in [5.74, 6) is 1.15. The van der Waals surface area contributed by atoms with Gasteiger partial charge < -0.3 is 9.64 Å². The van der Waals surface area contributed by atoms with E-state index in [1.807, 2.05) is 30.0 Å². The molecule has 0 aliphatic carbocycles. The number of hydrogen-bond acceptors (Lipinski definition) is 3. The number of benzene rings is 1. The Labute approximate surface area is 120 Å². The van der Waals surface area contributed by atoms with Gasteiger partial charge in [0.25, 0.3) is 0 Å². The van der Waals surface area contributed by atoms with E-state index in [0.29, 0.717) is 6.61 Å². The molecular formula is C16H22N2O2. The highest BCUT2D eigenvalue weighted by molar-refractivity contribution is 5.81. The van der Waals surface area contributed by atoms with Crippen molar-refractivity contribution in [3.8, 4) is 5.75 Å². The molecule has 2 unspecified atom stereocenters. The summed E-state index contributed by atoms with van der Waals surface area (Å²) in [4.78, 5) is 14.4. The number of nitrogens with one attached hydrogen (secondary N) is 1. The first kappa shape index (κ1) is 13.4. The Morgan fingerprint density at radius 3 is 2.85 bits per heavy atom. The number of piperidine rings is 1. The van der Waals surface area contributed by atoms with Gasteiger partial charge in [0.15, 0.2) is 0 Å². The van der Waals surface area contributed by atoms with Gasteiger partial charge in [0, 0.05) is 18.7 Å². The first-order chi connectivity index (χ1) is 9.75. The molecule has 2 atom stereocenters. The van der Waals surface area contributed by atoms with E-state index in [-0.39, 0.29) is 18.0 Å². The highest BCUT2D eigenvalue weighted by Crippen LogP contribution is 2.32. The molecular weight excluding hydrogens is 252 g/mol. The fourth-order valence-electron chi connectivity index (χ4n) is 3.06. The minimum atomic E-state index is -0.159. The largest absolute Gasteiger partial charge is 0.491 e. The summed E-state index contributed by atoms with van der Waals surface area (Å²) in [6, 6.07) is 8.00. The normalized spacial score (nSPS) is 23.1. The summed E-state index contributed by atoms with van der Waals surface area (Å²) in [6.45, 7) is 4.38. The van der Waals surface area contributed by atoms with Gasteiger partial charge in [-0.05, 0) is 32.3 Å². The second-order valence-corrected chi connectivity index (χ2v) is 5.68. The van der Waals surface area contributed by atoms with Crippen molar-refractivity contribution in [2.24, 2.45) is 0 Å². The molecule has 0 aromatic heterocycles. The van der Waals surface area contributed by atoms with Gasteiger partial charge in [0.05, 0.1) is 12.1 Å². The lowest BCUT2D eigenvalue weighted by molar-refractivity contribution is -0.134. The zero-order valence-electron chi connectivity index (χ0n) is 12.0. The van der Waals surface area contributed by atoms with Gasteiger partial charge in [0.2, 0.25) is 5.91 Å². The van der Waals surface area contributed by atoms with Crippen molar-refractivity contribution >= 4 is 5.91 Å². The Bertz CT molecular complexity index is 483. The quantitative estimate of drug-likeness (QED) is 0.918. The van der Waals surface area contributed by atoms with E-state index < -0.39 is 0 Å². The third-order valence-corrected chi connectivity index (χ3v) is 4.19. The van der Waals surface area contributed by atoms with Gasteiger partial charge in [-0.15, -0.1) is 0 Å². The molecule has 0 saturated carbocycles. The van der Waals surface area contributed by atoms with Crippen LogP contribution in [0, 0.1) is 0 Å². The molecule has 1 fully saturated rings. The van der Waals surface area contributed by atoms with Crippen molar-refractivity contribution in [3.63, 3.8) is 0 Å². The van der Waals surface area contributed by atoms with Gasteiger partial charge in [-0.25, -0.2) is 0 Å². The van der Waals surface area contributed by atoms with E-state index in [2.05, 4.69) is 11.4 Å². The lowest BCUT2D eigenvalue weighted by atomic mass is 10.1. The molecule has 1 amide bonds. The molecule has 2 heterocycles. The van der Waals surface area contributed by atoms with Gasteiger partial charge in [-0.2, -0.15) is 0 Å². The average molecular weight is 274 g/mol. The zero-order chi connectivity index (χ0) is 13.9. The van der Waals surface area contributed by atoms with Crippen molar-refractivity contribution in [3.05, 3.63) is 29.8 Å². The monoisotopic (exact) mass is 274 g/mol. The number of ether oxygens (including phenoxy) is 1. The lowest BCUT2D eigenvalue weighted by Crippen LogP contribution is -2.47. The first-order valence-corrected chi connectivity index (χ1v) is 7.52. The Balaban J connectivity index is 1.62. The van der Waals surface area contributed by atoms with Gasteiger partial charge in [0.1, 0.15) is 12.4 Å².